The van der Waals surface area contributed by atoms with Crippen molar-refractivity contribution in [3.63, 3.8) is 0 Å². The van der Waals surface area contributed by atoms with Gasteiger partial charge in [0.1, 0.15) is 35.4 Å². The maximum atomic E-state index is 11.0. The van der Waals surface area contributed by atoms with Gasteiger partial charge in [0.15, 0.2) is 9.84 Å². The summed E-state index contributed by atoms with van der Waals surface area (Å²) >= 11 is 0. The molecule has 0 saturated heterocycles. The van der Waals surface area contributed by atoms with E-state index in [1.165, 1.54) is 56.8 Å². The Kier molecular flexibility index (Phi) is 46.4. The molecule has 0 aliphatic heterocycles. The molecule has 14 nitrogen and oxygen atoms in total. The average Bonchev–Trinajstić information content (AvgIpc) is 0.863. The zero-order chi connectivity index (χ0) is 79.2. The summed E-state index contributed by atoms with van der Waals surface area (Å²) in [5.74, 6) is 2.69. The number of carboxylic acid groups (broad SMARTS) is 1. The van der Waals surface area contributed by atoms with Gasteiger partial charge in [-0.2, -0.15) is 5.26 Å². The molecule has 0 aliphatic rings. The molecule has 0 bridgehead atoms. The number of benzene rings is 11. The Hall–Kier alpha value is -11.5. The molecule has 0 saturated carbocycles. The number of phenols is 2. The summed E-state index contributed by atoms with van der Waals surface area (Å²) in [5, 5.41) is 45.2. The number of aryl methyl sites for hydroxylation is 10. The normalized spacial score (nSPS) is 9.72. The van der Waals surface area contributed by atoms with E-state index in [0.717, 1.165) is 103 Å². The summed E-state index contributed by atoms with van der Waals surface area (Å²) in [4.78, 5) is 20.9. The Morgan fingerprint density at radius 1 is 0.430 bits per heavy atom. The molecule has 0 fully saturated rings. The van der Waals surface area contributed by atoms with Gasteiger partial charge < -0.3 is 35.3 Å². The van der Waals surface area contributed by atoms with Crippen LogP contribution in [0.25, 0.3) is 0 Å². The summed E-state index contributed by atoms with van der Waals surface area (Å²) in [6, 6.07) is 87.7. The molecular formula is C92H111N3O11S. The van der Waals surface area contributed by atoms with Crippen molar-refractivity contribution in [2.24, 2.45) is 0 Å². The van der Waals surface area contributed by atoms with Crippen molar-refractivity contribution >= 4 is 27.2 Å². The topological polar surface area (TPSA) is 233 Å². The van der Waals surface area contributed by atoms with Crippen LogP contribution in [-0.2, 0) is 80.7 Å². The van der Waals surface area contributed by atoms with Crippen molar-refractivity contribution in [3.05, 3.63) is 355 Å². The minimum Gasteiger partial charge on any atom is -0.508 e. The van der Waals surface area contributed by atoms with Crippen LogP contribution in [-0.4, -0.2) is 55.1 Å². The third-order valence-corrected chi connectivity index (χ3v) is 17.3. The van der Waals surface area contributed by atoms with Gasteiger partial charge in [-0.25, -0.2) is 13.2 Å². The van der Waals surface area contributed by atoms with Crippen LogP contribution >= 0.6 is 0 Å². The van der Waals surface area contributed by atoms with Crippen LogP contribution < -0.4 is 19.9 Å². The molecule has 0 amide bonds. The fourth-order valence-electron chi connectivity index (χ4n) is 9.38. The van der Waals surface area contributed by atoms with Crippen molar-refractivity contribution in [2.45, 2.75) is 145 Å². The Bertz CT molecular complexity index is 4260. The number of nitriles is 1. The molecule has 0 spiro atoms. The van der Waals surface area contributed by atoms with Gasteiger partial charge in [0.05, 0.1) is 41.2 Å². The van der Waals surface area contributed by atoms with Gasteiger partial charge in [-0.15, -0.1) is 0 Å². The molecule has 0 aliphatic carbocycles. The van der Waals surface area contributed by atoms with E-state index >= 15 is 0 Å². The number of phenolic OH excluding ortho intramolecular Hbond substituents is 2. The Labute approximate surface area is 637 Å². The van der Waals surface area contributed by atoms with E-state index in [0.29, 0.717) is 35.0 Å². The van der Waals surface area contributed by atoms with Crippen LogP contribution in [0.4, 0.5) is 11.4 Å². The molecule has 11 aromatic rings. The number of methoxy groups -OCH3 is 2. The Morgan fingerprint density at radius 2 is 0.822 bits per heavy atom. The largest absolute Gasteiger partial charge is 0.508 e. The molecular weight excluding hydrogens is 1360 g/mol. The number of aromatic carboxylic acids is 1. The lowest BCUT2D eigenvalue weighted by molar-refractivity contribution is -0.385. The number of nitrogens with zero attached hydrogens (tertiary/aromatic N) is 2. The van der Waals surface area contributed by atoms with E-state index in [9.17, 15) is 23.3 Å². The number of aromatic hydroxyl groups is 2. The summed E-state index contributed by atoms with van der Waals surface area (Å²) in [6.45, 7) is 21.4. The van der Waals surface area contributed by atoms with Crippen LogP contribution in [0.1, 0.15) is 146 Å². The van der Waals surface area contributed by atoms with Gasteiger partial charge in [0.2, 0.25) is 0 Å². The van der Waals surface area contributed by atoms with Crippen LogP contribution in [0.5, 0.6) is 28.7 Å². The number of nitro benzene ring substituents is 1. The zero-order valence-corrected chi connectivity index (χ0v) is 65.6. The van der Waals surface area contributed by atoms with Crippen LogP contribution in [0.2, 0.25) is 0 Å². The first-order chi connectivity index (χ1) is 51.5. The number of nitrogens with two attached hydrogens (primary N) is 1. The van der Waals surface area contributed by atoms with Crippen molar-refractivity contribution in [1.29, 1.82) is 5.26 Å². The Balaban J connectivity index is 0.000000406. The number of anilines is 1. The van der Waals surface area contributed by atoms with Crippen molar-refractivity contribution in [2.75, 3.05) is 26.2 Å². The summed E-state index contributed by atoms with van der Waals surface area (Å²) in [5.41, 5.74) is 20.8. The van der Waals surface area contributed by atoms with E-state index in [-0.39, 0.29) is 10.6 Å². The SMILES string of the molecule is CCc1ccc(C#N)cc1.CCc1ccc(N)cc1.CCc1ccc(O)cc1.CCc1ccc(OC)cc1.CCc1ccc(OCc2ccccc2)cc1.CCc1ccc(S(C)(=O)=O)cc1.CCc1cccc(C(=O)O)c1.CCc1cccc(O)c1.CCc1ccccc1OC.CCc1ccccc1[N+](=O)[O-]. The number of hydrogen-bond donors (Lipinski definition) is 4. The molecule has 0 heterocycles. The molecule has 11 rings (SSSR count). The van der Waals surface area contributed by atoms with Crippen LogP contribution in [0.15, 0.2) is 278 Å². The number of rotatable bonds is 18. The predicted molar refractivity (Wildman–Crippen MR) is 441 cm³/mol. The maximum absolute atomic E-state index is 11.0. The third-order valence-electron chi connectivity index (χ3n) is 16.2. The highest BCUT2D eigenvalue weighted by molar-refractivity contribution is 7.90. The molecule has 0 unspecified atom stereocenters. The van der Waals surface area contributed by atoms with Gasteiger partial charge in [0, 0.05) is 23.6 Å². The minimum atomic E-state index is -3.03. The number of para-hydroxylation sites is 2. The fourth-order valence-corrected chi connectivity index (χ4v) is 10.0. The quantitative estimate of drug-likeness (QED) is 0.0356. The molecule has 11 aromatic carbocycles. The number of hydrogen-bond acceptors (Lipinski definition) is 12. The highest BCUT2D eigenvalue weighted by Crippen LogP contribution is 2.20. The number of carbonyl (C=O) groups is 1. The van der Waals surface area contributed by atoms with Crippen molar-refractivity contribution in [3.8, 4) is 34.8 Å². The summed E-state index contributed by atoms with van der Waals surface area (Å²) in [6.07, 6.45) is 11.0. The highest BCUT2D eigenvalue weighted by Gasteiger charge is 2.09. The molecule has 15 heteroatoms. The van der Waals surface area contributed by atoms with Crippen LogP contribution in [0, 0.1) is 21.4 Å². The number of carboxylic acids is 1. The lowest BCUT2D eigenvalue weighted by Gasteiger charge is -2.06. The average molecular weight is 1470 g/mol. The van der Waals surface area contributed by atoms with E-state index in [1.54, 1.807) is 80.9 Å². The molecule has 0 aromatic heterocycles. The van der Waals surface area contributed by atoms with E-state index in [2.05, 4.69) is 109 Å². The first-order valence-corrected chi connectivity index (χ1v) is 38.1. The Morgan fingerprint density at radius 3 is 1.21 bits per heavy atom. The van der Waals surface area contributed by atoms with Crippen LogP contribution in [0.3, 0.4) is 0 Å². The molecule has 0 atom stereocenters. The second-order valence-corrected chi connectivity index (χ2v) is 25.8. The second kappa shape index (κ2) is 54.2. The van der Waals surface area contributed by atoms with Gasteiger partial charge in [0.25, 0.3) is 5.69 Å². The predicted octanol–water partition coefficient (Wildman–Crippen LogP) is 22.0. The van der Waals surface area contributed by atoms with E-state index in [4.69, 9.17) is 40.5 Å². The number of nitro groups is 1. The third kappa shape index (κ3) is 39.3. The minimum absolute atomic E-state index is 0.218. The number of ether oxygens (including phenoxy) is 3. The maximum Gasteiger partial charge on any atom is 0.335 e. The smallest absolute Gasteiger partial charge is 0.335 e. The fraction of sp³-hybridized carbons (Fsp3) is 0.261. The molecule has 0 radical (unpaired) electrons. The lowest BCUT2D eigenvalue weighted by Crippen LogP contribution is -1.96. The molecule has 5 N–H and O–H groups in total. The van der Waals surface area contributed by atoms with Crippen molar-refractivity contribution in [1.82, 2.24) is 0 Å². The first-order valence-electron chi connectivity index (χ1n) is 36.2. The zero-order valence-electron chi connectivity index (χ0n) is 64.7. The number of nitrogen functional groups attached to an aromatic ring is 1. The summed E-state index contributed by atoms with van der Waals surface area (Å²) in [7, 11) is 0.357. The molecule has 566 valence electrons. The van der Waals surface area contributed by atoms with Gasteiger partial charge in [-0.05, 0) is 223 Å². The van der Waals surface area contributed by atoms with E-state index < -0.39 is 15.8 Å². The lowest BCUT2D eigenvalue weighted by atomic mass is 10.1. The van der Waals surface area contributed by atoms with Gasteiger partial charge >= 0.3 is 5.97 Å². The van der Waals surface area contributed by atoms with Crippen molar-refractivity contribution < 1.29 is 47.7 Å². The highest BCUT2D eigenvalue weighted by atomic mass is 32.2. The number of sulfone groups is 1. The van der Waals surface area contributed by atoms with Gasteiger partial charge in [-0.1, -0.05) is 233 Å². The van der Waals surface area contributed by atoms with E-state index in [1.807, 2.05) is 166 Å². The standard InChI is InChI=1S/C15H16O.C9H9N.C9H12O2S.C9H10O2.2C9H12O.C8H9NO2.C8H11N.2C8H10O/c1-2-13-8-10-15(11-9-13)16-12-14-6-4-3-5-7-14;1-2-8-3-5-9(7-10)6-4-8;1-3-8-4-6-9(7-5-8)12(2,10)11;1-2-7-4-3-5-8(6-7)9(10)11;1-3-8-4-6-9(10-2)7-5-8;1-3-8-6-4-5-7-9(8)10-2;1-2-7-5-3-4-6-8(7)9(10)11;2*1-2-7-3-5-8(9)6-4-7;1-2-7-4-3-5-8(9)6-7/h3-11H,2,12H2,1H3;3-6H,2H2,1H3;4-7H,3H2,1-2H3;3-6H,2H2,1H3,(H,10,11);2*4-7H,3H2,1-2H3;3-6H,2H2,1H3;3-6H,2,9H2,1H3;2*3-6,9H,2H2,1H3. The summed E-state index contributed by atoms with van der Waals surface area (Å²) < 4.78 is 37.9. The van der Waals surface area contributed by atoms with Gasteiger partial charge in [-0.3, -0.25) is 10.1 Å². The second-order valence-electron chi connectivity index (χ2n) is 23.8. The molecule has 107 heavy (non-hydrogen) atoms. The first kappa shape index (κ1) is 91.6. The monoisotopic (exact) mass is 1470 g/mol.